The maximum Gasteiger partial charge on any atom is 0.338 e. The molecule has 0 amide bonds. The molecule has 192 valence electrons. The van der Waals surface area contributed by atoms with E-state index in [9.17, 15) is 35.4 Å². The van der Waals surface area contributed by atoms with Gasteiger partial charge in [0.2, 0.25) is 0 Å². The van der Waals surface area contributed by atoms with Crippen molar-refractivity contribution in [3.63, 3.8) is 0 Å². The van der Waals surface area contributed by atoms with Crippen molar-refractivity contribution in [2.75, 3.05) is 13.2 Å². The zero-order valence-electron chi connectivity index (χ0n) is 18.8. The van der Waals surface area contributed by atoms with Crippen LogP contribution in [-0.4, -0.2) is 104 Å². The number of benzene rings is 1. The van der Waals surface area contributed by atoms with Crippen LogP contribution in [0.4, 0.5) is 0 Å². The number of phenols is 1. The van der Waals surface area contributed by atoms with Crippen molar-refractivity contribution in [3.05, 3.63) is 29.8 Å². The third kappa shape index (κ3) is 2.80. The lowest BCUT2D eigenvalue weighted by Crippen LogP contribution is -2.80. The second kappa shape index (κ2) is 7.34. The minimum atomic E-state index is -1.64. The Labute approximate surface area is 199 Å². The largest absolute Gasteiger partial charge is 0.508 e. The van der Waals surface area contributed by atoms with Gasteiger partial charge in [-0.2, -0.15) is 0 Å². The summed E-state index contributed by atoms with van der Waals surface area (Å²) in [5.74, 6) is -2.68. The highest BCUT2D eigenvalue weighted by Crippen LogP contribution is 2.81. The summed E-state index contributed by atoms with van der Waals surface area (Å²) < 4.78 is 29.6. The number of ether oxygens (including phenoxy) is 5. The van der Waals surface area contributed by atoms with E-state index in [1.54, 1.807) is 6.92 Å². The predicted octanol–water partition coefficient (Wildman–Crippen LogP) is -1.65. The molecule has 0 spiro atoms. The minimum absolute atomic E-state index is 0.00282. The van der Waals surface area contributed by atoms with Crippen molar-refractivity contribution in [2.24, 2.45) is 11.3 Å². The van der Waals surface area contributed by atoms with Gasteiger partial charge in [-0.1, -0.05) is 0 Å². The maximum absolute atomic E-state index is 12.7. The number of aliphatic hydroxyl groups excluding tert-OH is 4. The molecule has 6 bridgehead atoms. The molecule has 0 radical (unpaired) electrons. The highest BCUT2D eigenvalue weighted by Gasteiger charge is 2.94. The van der Waals surface area contributed by atoms with Gasteiger partial charge in [-0.25, -0.2) is 4.79 Å². The van der Waals surface area contributed by atoms with E-state index in [1.807, 2.05) is 0 Å². The Morgan fingerprint density at radius 2 is 1.83 bits per heavy atom. The van der Waals surface area contributed by atoms with Gasteiger partial charge in [-0.05, 0) is 37.6 Å². The third-order valence-corrected chi connectivity index (χ3v) is 8.66. The lowest BCUT2D eigenvalue weighted by molar-refractivity contribution is -0.424. The van der Waals surface area contributed by atoms with Gasteiger partial charge in [0.05, 0.1) is 17.6 Å². The molecule has 3 saturated carbocycles. The number of hydrogen-bond donors (Lipinski definition) is 6. The van der Waals surface area contributed by atoms with E-state index in [0.717, 1.165) is 0 Å². The summed E-state index contributed by atoms with van der Waals surface area (Å²) in [6.07, 6.45) is -8.10. The predicted molar refractivity (Wildman–Crippen MR) is 110 cm³/mol. The van der Waals surface area contributed by atoms with Crippen molar-refractivity contribution in [1.29, 1.82) is 0 Å². The van der Waals surface area contributed by atoms with Crippen LogP contribution in [0.15, 0.2) is 24.3 Å². The first-order valence-corrected chi connectivity index (χ1v) is 11.5. The number of aromatic hydroxyl groups is 1. The lowest BCUT2D eigenvalue weighted by atomic mass is 9.41. The Bertz CT molecular complexity index is 1030. The highest BCUT2D eigenvalue weighted by atomic mass is 16.8. The van der Waals surface area contributed by atoms with E-state index < -0.39 is 77.9 Å². The summed E-state index contributed by atoms with van der Waals surface area (Å²) in [5, 5.41) is 61.2. The number of hydrogen-bond acceptors (Lipinski definition) is 12. The smallest absolute Gasteiger partial charge is 0.338 e. The molecule has 6 N–H and O–H groups in total. The summed E-state index contributed by atoms with van der Waals surface area (Å²) >= 11 is 0. The number of aliphatic hydroxyl groups is 5. The van der Waals surface area contributed by atoms with Crippen LogP contribution in [0.2, 0.25) is 0 Å². The molecule has 1 unspecified atom stereocenters. The summed E-state index contributed by atoms with van der Waals surface area (Å²) in [7, 11) is 0. The van der Waals surface area contributed by atoms with Crippen molar-refractivity contribution in [2.45, 2.75) is 73.8 Å². The van der Waals surface area contributed by atoms with Crippen molar-refractivity contribution in [3.8, 4) is 5.75 Å². The van der Waals surface area contributed by atoms with Gasteiger partial charge in [-0.3, -0.25) is 0 Å². The molecule has 11 atom stereocenters. The van der Waals surface area contributed by atoms with Gasteiger partial charge in [0, 0.05) is 12.3 Å². The van der Waals surface area contributed by atoms with Crippen LogP contribution in [0.1, 0.15) is 30.1 Å². The molecule has 12 heteroatoms. The van der Waals surface area contributed by atoms with Gasteiger partial charge in [0.15, 0.2) is 18.4 Å². The fourth-order valence-electron chi connectivity index (χ4n) is 6.90. The molecular formula is C23H28O12. The second-order valence-corrected chi connectivity index (χ2v) is 10.4. The fourth-order valence-corrected chi connectivity index (χ4v) is 6.90. The number of esters is 1. The zero-order valence-corrected chi connectivity index (χ0v) is 18.8. The van der Waals surface area contributed by atoms with Gasteiger partial charge >= 0.3 is 5.97 Å². The maximum atomic E-state index is 12.7. The Kier molecular flexibility index (Phi) is 4.93. The molecular weight excluding hydrogens is 468 g/mol. The summed E-state index contributed by atoms with van der Waals surface area (Å²) in [6.45, 7) is 0.878. The van der Waals surface area contributed by atoms with Crippen LogP contribution in [-0.2, 0) is 23.7 Å². The van der Waals surface area contributed by atoms with Gasteiger partial charge in [-0.15, -0.1) is 0 Å². The topological polar surface area (TPSA) is 185 Å². The summed E-state index contributed by atoms with van der Waals surface area (Å²) in [6, 6.07) is 5.54. The molecule has 8 rings (SSSR count). The molecule has 0 aromatic heterocycles. The minimum Gasteiger partial charge on any atom is -0.508 e. The molecule has 1 aromatic carbocycles. The lowest BCUT2D eigenvalue weighted by Gasteiger charge is -2.67. The van der Waals surface area contributed by atoms with E-state index in [-0.39, 0.29) is 30.8 Å². The van der Waals surface area contributed by atoms with Crippen LogP contribution in [0.25, 0.3) is 0 Å². The van der Waals surface area contributed by atoms with E-state index >= 15 is 0 Å². The van der Waals surface area contributed by atoms with Crippen LogP contribution >= 0.6 is 0 Å². The second-order valence-electron chi connectivity index (χ2n) is 10.4. The molecule has 7 aliphatic rings. The first kappa shape index (κ1) is 23.5. The monoisotopic (exact) mass is 496 g/mol. The average molecular weight is 496 g/mol. The van der Waals surface area contributed by atoms with Gasteiger partial charge in [0.25, 0.3) is 0 Å². The molecule has 4 aliphatic heterocycles. The Morgan fingerprint density at radius 1 is 1.11 bits per heavy atom. The molecule has 7 fully saturated rings. The number of carbonyl (C=O) groups is 1. The Balaban J connectivity index is 1.31. The SMILES string of the molecule is C[C@@]12C[C@@]3(O)OC(O1)[C@]1(COC(=O)c4ccc(O)cc4)[C@H]3C[C@]21O[C@@H]1O[C@H](CO)[C@@H](O)[C@H](O)[C@H]1O. The van der Waals surface area contributed by atoms with E-state index in [1.165, 1.54) is 24.3 Å². The van der Waals surface area contributed by atoms with Crippen molar-refractivity contribution >= 4 is 5.97 Å². The Morgan fingerprint density at radius 3 is 2.51 bits per heavy atom. The molecule has 12 nitrogen and oxygen atoms in total. The molecule has 35 heavy (non-hydrogen) atoms. The first-order valence-electron chi connectivity index (χ1n) is 11.5. The van der Waals surface area contributed by atoms with Gasteiger partial charge < -0.3 is 54.3 Å². The summed E-state index contributed by atoms with van der Waals surface area (Å²) in [5.41, 5.74) is -3.27. The number of carbonyl (C=O) groups excluding carboxylic acids is 1. The number of rotatable bonds is 6. The Hall–Kier alpha value is -1.87. The quantitative estimate of drug-likeness (QED) is 0.247. The highest BCUT2D eigenvalue weighted by molar-refractivity contribution is 5.89. The first-order chi connectivity index (χ1) is 16.5. The van der Waals surface area contributed by atoms with E-state index in [0.29, 0.717) is 0 Å². The molecule has 3 aliphatic carbocycles. The molecule has 4 heterocycles. The zero-order chi connectivity index (χ0) is 25.0. The van der Waals surface area contributed by atoms with Crippen molar-refractivity contribution < 1.29 is 59.1 Å². The molecule has 4 saturated heterocycles. The third-order valence-electron chi connectivity index (χ3n) is 8.66. The van der Waals surface area contributed by atoms with Crippen LogP contribution in [0.3, 0.4) is 0 Å². The molecule has 1 aromatic rings. The van der Waals surface area contributed by atoms with Gasteiger partial charge in [0.1, 0.15) is 48.0 Å². The van der Waals surface area contributed by atoms with E-state index in [4.69, 9.17) is 23.7 Å². The van der Waals surface area contributed by atoms with Crippen molar-refractivity contribution in [1.82, 2.24) is 0 Å². The number of phenolic OH excluding ortho intramolecular Hbond substituents is 1. The van der Waals surface area contributed by atoms with E-state index in [2.05, 4.69) is 0 Å². The standard InChI is InChI=1S/C23H28O12/c1-20-8-22(30)13-6-23(20,33-18-16(28)15(27)14(26)12(7-24)32-18)21(13,19(34-20)35-22)9-31-17(29)10-2-4-11(25)5-3-10/h2-5,12-16,18-19,24-28,30H,6-9H2,1H3/t12-,13-,14-,15+,16-,18+,19?,20+,21+,22-,23+/m1/s1. The van der Waals surface area contributed by atoms with Crippen LogP contribution < -0.4 is 0 Å². The fraction of sp³-hybridized carbons (Fsp3) is 0.696. The summed E-state index contributed by atoms with van der Waals surface area (Å²) in [4.78, 5) is 12.7. The normalized spacial score (nSPS) is 51.3. The van der Waals surface area contributed by atoms with Crippen LogP contribution in [0.5, 0.6) is 5.75 Å². The average Bonchev–Trinajstić information content (AvgIpc) is 3.00. The van der Waals surface area contributed by atoms with Crippen LogP contribution in [0, 0.1) is 11.3 Å².